The Morgan fingerprint density at radius 2 is 1.75 bits per heavy atom. The summed E-state index contributed by atoms with van der Waals surface area (Å²) in [7, 11) is 0. The Morgan fingerprint density at radius 3 is 2.54 bits per heavy atom. The molecule has 6 heteroatoms. The molecule has 3 aromatic carbocycles. The molecule has 1 amide bonds. The number of thioether (sulfide) groups is 1. The fraction of sp³-hybridized carbons (Fsp3) is 0.0455. The van der Waals surface area contributed by atoms with Crippen LogP contribution in [0, 0.1) is 0 Å². The molecule has 0 radical (unpaired) electrons. The van der Waals surface area contributed by atoms with Crippen molar-refractivity contribution in [3.8, 4) is 0 Å². The molecule has 0 bridgehead atoms. The average molecular weight is 404 g/mol. The number of rotatable bonds is 6. The number of hydrazone groups is 1. The van der Waals surface area contributed by atoms with E-state index in [0.717, 1.165) is 26.7 Å². The molecule has 0 atom stereocenters. The second-order valence-electron chi connectivity index (χ2n) is 6.04. The molecule has 0 aliphatic carbocycles. The van der Waals surface area contributed by atoms with Crippen molar-refractivity contribution in [3.63, 3.8) is 0 Å². The van der Waals surface area contributed by atoms with Crippen LogP contribution in [-0.4, -0.2) is 17.1 Å². The van der Waals surface area contributed by atoms with E-state index in [1.165, 1.54) is 4.70 Å². The Kier molecular flexibility index (Phi) is 5.80. The van der Waals surface area contributed by atoms with Crippen LogP contribution in [0.25, 0.3) is 10.2 Å². The minimum atomic E-state index is -0.224. The summed E-state index contributed by atoms with van der Waals surface area (Å²) in [6.07, 6.45) is 1.63. The van der Waals surface area contributed by atoms with Gasteiger partial charge in [-0.25, -0.2) is 10.4 Å². The van der Waals surface area contributed by atoms with Crippen molar-refractivity contribution >= 4 is 45.4 Å². The number of carbonyl (C=O) groups is 1. The van der Waals surface area contributed by atoms with Crippen LogP contribution < -0.4 is 5.43 Å². The van der Waals surface area contributed by atoms with Gasteiger partial charge < -0.3 is 0 Å². The number of hydrogen-bond acceptors (Lipinski definition) is 5. The van der Waals surface area contributed by atoms with Crippen molar-refractivity contribution in [3.05, 3.63) is 95.6 Å². The number of nitrogens with zero attached hydrogens (tertiary/aromatic N) is 2. The minimum absolute atomic E-state index is 0.224. The summed E-state index contributed by atoms with van der Waals surface area (Å²) in [6, 6.07) is 25.4. The highest BCUT2D eigenvalue weighted by Gasteiger charge is 2.06. The Balaban J connectivity index is 1.32. The van der Waals surface area contributed by atoms with Gasteiger partial charge in [-0.2, -0.15) is 5.10 Å². The van der Waals surface area contributed by atoms with Crippen molar-refractivity contribution in [1.82, 2.24) is 10.4 Å². The van der Waals surface area contributed by atoms with Gasteiger partial charge in [0.15, 0.2) is 4.34 Å². The molecule has 1 heterocycles. The molecule has 0 spiro atoms. The van der Waals surface area contributed by atoms with Gasteiger partial charge in [-0.05, 0) is 35.4 Å². The molecule has 0 saturated heterocycles. The first-order chi connectivity index (χ1) is 13.8. The summed E-state index contributed by atoms with van der Waals surface area (Å²) >= 11 is 3.41. The first kappa shape index (κ1) is 18.4. The first-order valence-electron chi connectivity index (χ1n) is 8.74. The van der Waals surface area contributed by atoms with Crippen LogP contribution in [0.5, 0.6) is 0 Å². The first-order valence-corrected chi connectivity index (χ1v) is 10.5. The van der Waals surface area contributed by atoms with Crippen LogP contribution in [-0.2, 0) is 5.75 Å². The summed E-state index contributed by atoms with van der Waals surface area (Å²) in [5.41, 5.74) is 6.26. The molecule has 0 unspecified atom stereocenters. The van der Waals surface area contributed by atoms with Crippen molar-refractivity contribution < 1.29 is 4.79 Å². The van der Waals surface area contributed by atoms with E-state index in [4.69, 9.17) is 0 Å². The van der Waals surface area contributed by atoms with E-state index in [2.05, 4.69) is 21.6 Å². The number of nitrogens with one attached hydrogen (secondary N) is 1. The second kappa shape index (κ2) is 8.82. The molecule has 28 heavy (non-hydrogen) atoms. The standard InChI is InChI=1S/C22H17N3OS2/c26-21(25-23-14-16-6-2-1-3-7-16)18-12-10-17(11-13-18)15-27-22-24-19-8-4-5-9-20(19)28-22/h1-14H,15H2,(H,25,26)/b23-14-. The number of aromatic nitrogens is 1. The fourth-order valence-electron chi connectivity index (χ4n) is 2.58. The van der Waals surface area contributed by atoms with Crippen molar-refractivity contribution in [2.45, 2.75) is 10.1 Å². The molecular weight excluding hydrogens is 386 g/mol. The van der Waals surface area contributed by atoms with Crippen molar-refractivity contribution in [2.75, 3.05) is 0 Å². The Hall–Kier alpha value is -2.96. The van der Waals surface area contributed by atoms with E-state index in [0.29, 0.717) is 5.56 Å². The van der Waals surface area contributed by atoms with Gasteiger partial charge in [0, 0.05) is 11.3 Å². The largest absolute Gasteiger partial charge is 0.271 e. The highest BCUT2D eigenvalue weighted by Crippen LogP contribution is 2.31. The number of para-hydroxylation sites is 1. The average Bonchev–Trinajstić information content (AvgIpc) is 3.16. The van der Waals surface area contributed by atoms with E-state index >= 15 is 0 Å². The molecule has 138 valence electrons. The lowest BCUT2D eigenvalue weighted by Crippen LogP contribution is -2.17. The molecule has 1 aromatic heterocycles. The molecular formula is C22H17N3OS2. The molecule has 0 fully saturated rings. The predicted octanol–water partition coefficient (Wildman–Crippen LogP) is 5.35. The lowest BCUT2D eigenvalue weighted by molar-refractivity contribution is 0.0955. The van der Waals surface area contributed by atoms with E-state index in [1.807, 2.05) is 72.8 Å². The highest BCUT2D eigenvalue weighted by molar-refractivity contribution is 8.00. The van der Waals surface area contributed by atoms with E-state index in [1.54, 1.807) is 29.3 Å². The zero-order valence-corrected chi connectivity index (χ0v) is 16.5. The molecule has 0 aliphatic heterocycles. The Morgan fingerprint density at radius 1 is 1.00 bits per heavy atom. The van der Waals surface area contributed by atoms with Crippen LogP contribution in [0.15, 0.2) is 88.3 Å². The summed E-state index contributed by atoms with van der Waals surface area (Å²) in [5.74, 6) is 0.589. The molecule has 0 aliphatic rings. The van der Waals surface area contributed by atoms with Gasteiger partial charge in [0.25, 0.3) is 5.91 Å². The normalized spacial score (nSPS) is 11.1. The number of carbonyl (C=O) groups excluding carboxylic acids is 1. The maximum Gasteiger partial charge on any atom is 0.271 e. The maximum atomic E-state index is 12.2. The van der Waals surface area contributed by atoms with E-state index < -0.39 is 0 Å². The van der Waals surface area contributed by atoms with Gasteiger partial charge in [-0.1, -0.05) is 66.4 Å². The number of benzene rings is 3. The Labute approximate surface area is 171 Å². The number of fused-ring (bicyclic) bond motifs is 1. The zero-order valence-electron chi connectivity index (χ0n) is 14.9. The topological polar surface area (TPSA) is 54.4 Å². The van der Waals surface area contributed by atoms with Gasteiger partial charge in [-0.15, -0.1) is 11.3 Å². The highest BCUT2D eigenvalue weighted by atomic mass is 32.2. The summed E-state index contributed by atoms with van der Waals surface area (Å²) < 4.78 is 2.26. The van der Waals surface area contributed by atoms with Gasteiger partial charge in [-0.3, -0.25) is 4.79 Å². The van der Waals surface area contributed by atoms with Gasteiger partial charge >= 0.3 is 0 Å². The molecule has 4 nitrogen and oxygen atoms in total. The monoisotopic (exact) mass is 403 g/mol. The van der Waals surface area contributed by atoms with Gasteiger partial charge in [0.05, 0.1) is 16.4 Å². The van der Waals surface area contributed by atoms with Crippen molar-refractivity contribution in [2.24, 2.45) is 5.10 Å². The summed E-state index contributed by atoms with van der Waals surface area (Å²) in [5, 5.41) is 4.00. The second-order valence-corrected chi connectivity index (χ2v) is 8.30. The van der Waals surface area contributed by atoms with Crippen LogP contribution in [0.4, 0.5) is 0 Å². The Bertz CT molecular complexity index is 1070. The van der Waals surface area contributed by atoms with Gasteiger partial charge in [0.1, 0.15) is 0 Å². The smallest absolute Gasteiger partial charge is 0.267 e. The van der Waals surface area contributed by atoms with Crippen molar-refractivity contribution in [1.29, 1.82) is 0 Å². The number of thiazole rings is 1. The number of hydrogen-bond donors (Lipinski definition) is 1. The maximum absolute atomic E-state index is 12.2. The fourth-order valence-corrected chi connectivity index (χ4v) is 4.60. The van der Waals surface area contributed by atoms with Crippen LogP contribution >= 0.6 is 23.1 Å². The third-order valence-electron chi connectivity index (χ3n) is 4.03. The molecule has 4 rings (SSSR count). The van der Waals surface area contributed by atoms with Crippen LogP contribution in [0.3, 0.4) is 0 Å². The number of amides is 1. The SMILES string of the molecule is O=C(N/N=C\c1ccccc1)c1ccc(CSc2nc3ccccc3s2)cc1. The van der Waals surface area contributed by atoms with E-state index in [9.17, 15) is 4.79 Å². The van der Waals surface area contributed by atoms with Gasteiger partial charge in [0.2, 0.25) is 0 Å². The molecule has 1 N–H and O–H groups in total. The quantitative estimate of drug-likeness (QED) is 0.268. The lowest BCUT2D eigenvalue weighted by atomic mass is 10.1. The minimum Gasteiger partial charge on any atom is -0.267 e. The van der Waals surface area contributed by atoms with E-state index in [-0.39, 0.29) is 5.91 Å². The third-order valence-corrected chi connectivity index (χ3v) is 6.28. The summed E-state index contributed by atoms with van der Waals surface area (Å²) in [6.45, 7) is 0. The van der Waals surface area contributed by atoms with Crippen LogP contribution in [0.2, 0.25) is 0 Å². The van der Waals surface area contributed by atoms with Crippen LogP contribution in [0.1, 0.15) is 21.5 Å². The lowest BCUT2D eigenvalue weighted by Gasteiger charge is -2.02. The summed E-state index contributed by atoms with van der Waals surface area (Å²) in [4.78, 5) is 16.8. The molecule has 0 saturated carbocycles. The zero-order chi connectivity index (χ0) is 19.2. The predicted molar refractivity (Wildman–Crippen MR) is 117 cm³/mol. The molecule has 4 aromatic rings. The third kappa shape index (κ3) is 4.65.